The zero-order chi connectivity index (χ0) is 16.7. The molecule has 0 fully saturated rings. The Morgan fingerprint density at radius 2 is 1.96 bits per heavy atom. The minimum atomic E-state index is -0.391. The SMILES string of the molecule is CCOC(=O)CCCn1ccc(=O)c(O)c1Cc1ccccc1. The summed E-state index contributed by atoms with van der Waals surface area (Å²) in [5.41, 5.74) is 1.18. The molecule has 0 radical (unpaired) electrons. The third kappa shape index (κ3) is 4.71. The van der Waals surface area contributed by atoms with Crippen LogP contribution >= 0.6 is 0 Å². The first-order valence-electron chi connectivity index (χ1n) is 7.72. The van der Waals surface area contributed by atoms with Crippen LogP contribution < -0.4 is 5.43 Å². The minimum Gasteiger partial charge on any atom is -0.503 e. The third-order valence-corrected chi connectivity index (χ3v) is 3.56. The average molecular weight is 315 g/mol. The summed E-state index contributed by atoms with van der Waals surface area (Å²) < 4.78 is 6.72. The number of esters is 1. The van der Waals surface area contributed by atoms with Gasteiger partial charge < -0.3 is 14.4 Å². The highest BCUT2D eigenvalue weighted by Crippen LogP contribution is 2.17. The smallest absolute Gasteiger partial charge is 0.305 e. The van der Waals surface area contributed by atoms with Gasteiger partial charge in [0.05, 0.1) is 12.3 Å². The number of aryl methyl sites for hydroxylation is 1. The number of carbonyl (C=O) groups is 1. The first-order valence-corrected chi connectivity index (χ1v) is 7.72. The third-order valence-electron chi connectivity index (χ3n) is 3.56. The van der Waals surface area contributed by atoms with Crippen LogP contribution in [0.1, 0.15) is 31.0 Å². The number of hydrogen-bond acceptors (Lipinski definition) is 4. The number of ether oxygens (including phenoxy) is 1. The van der Waals surface area contributed by atoms with E-state index in [0.717, 1.165) is 5.56 Å². The van der Waals surface area contributed by atoms with Crippen LogP contribution in [0.3, 0.4) is 0 Å². The molecule has 23 heavy (non-hydrogen) atoms. The van der Waals surface area contributed by atoms with Crippen molar-refractivity contribution in [2.45, 2.75) is 32.7 Å². The van der Waals surface area contributed by atoms with Gasteiger partial charge in [-0.2, -0.15) is 0 Å². The van der Waals surface area contributed by atoms with Crippen LogP contribution in [-0.2, 0) is 22.5 Å². The number of carbonyl (C=O) groups excluding carboxylic acids is 1. The normalized spacial score (nSPS) is 10.5. The second-order valence-corrected chi connectivity index (χ2v) is 5.24. The first-order chi connectivity index (χ1) is 11.1. The zero-order valence-electron chi connectivity index (χ0n) is 13.2. The monoisotopic (exact) mass is 315 g/mol. The largest absolute Gasteiger partial charge is 0.503 e. The van der Waals surface area contributed by atoms with Crippen LogP contribution in [-0.4, -0.2) is 22.2 Å². The van der Waals surface area contributed by atoms with Crippen molar-refractivity contribution in [1.82, 2.24) is 4.57 Å². The van der Waals surface area contributed by atoms with Crippen LogP contribution in [0.5, 0.6) is 5.75 Å². The van der Waals surface area contributed by atoms with E-state index in [2.05, 4.69) is 0 Å². The van der Waals surface area contributed by atoms with E-state index >= 15 is 0 Å². The topological polar surface area (TPSA) is 68.5 Å². The second-order valence-electron chi connectivity index (χ2n) is 5.24. The average Bonchev–Trinajstić information content (AvgIpc) is 2.55. The molecule has 2 rings (SSSR count). The molecule has 0 aliphatic heterocycles. The second kappa shape index (κ2) is 8.17. The summed E-state index contributed by atoms with van der Waals surface area (Å²) in [7, 11) is 0. The van der Waals surface area contributed by atoms with Gasteiger partial charge in [0.15, 0.2) is 5.75 Å². The predicted molar refractivity (Wildman–Crippen MR) is 87.5 cm³/mol. The van der Waals surface area contributed by atoms with E-state index in [0.29, 0.717) is 38.1 Å². The maximum absolute atomic E-state index is 11.7. The molecule has 0 spiro atoms. The Morgan fingerprint density at radius 1 is 1.22 bits per heavy atom. The number of rotatable bonds is 7. The number of nitrogens with zero attached hydrogens (tertiary/aromatic N) is 1. The molecule has 0 bridgehead atoms. The number of aromatic hydroxyl groups is 1. The lowest BCUT2D eigenvalue weighted by molar-refractivity contribution is -0.143. The first kappa shape index (κ1) is 16.8. The van der Waals surface area contributed by atoms with Crippen LogP contribution in [0, 0.1) is 0 Å². The Kier molecular flexibility index (Phi) is 5.97. The molecular formula is C18H21NO4. The van der Waals surface area contributed by atoms with Crippen molar-refractivity contribution in [3.05, 3.63) is 64.1 Å². The van der Waals surface area contributed by atoms with Gasteiger partial charge in [0, 0.05) is 31.6 Å². The number of pyridine rings is 1. The lowest BCUT2D eigenvalue weighted by Crippen LogP contribution is -2.14. The van der Waals surface area contributed by atoms with E-state index in [1.165, 1.54) is 6.07 Å². The Hall–Kier alpha value is -2.56. The fraction of sp³-hybridized carbons (Fsp3) is 0.333. The molecule has 0 saturated carbocycles. The van der Waals surface area contributed by atoms with E-state index in [4.69, 9.17) is 4.74 Å². The van der Waals surface area contributed by atoms with Crippen LogP contribution in [0.2, 0.25) is 0 Å². The molecule has 122 valence electrons. The van der Waals surface area contributed by atoms with Crippen LogP contribution in [0.4, 0.5) is 0 Å². The van der Waals surface area contributed by atoms with Gasteiger partial charge in [-0.3, -0.25) is 9.59 Å². The fourth-order valence-corrected chi connectivity index (χ4v) is 2.42. The lowest BCUT2D eigenvalue weighted by Gasteiger charge is -2.14. The Balaban J connectivity index is 2.14. The lowest BCUT2D eigenvalue weighted by atomic mass is 10.1. The summed E-state index contributed by atoms with van der Waals surface area (Å²) in [6.45, 7) is 2.68. The Bertz CT molecular complexity index is 707. The Labute approximate surface area is 135 Å². The summed E-state index contributed by atoms with van der Waals surface area (Å²) in [5, 5.41) is 10.1. The molecule has 2 aromatic rings. The standard InChI is InChI=1S/C18H21NO4/c1-2-23-17(21)9-6-11-19-12-10-16(20)18(22)15(19)13-14-7-4-3-5-8-14/h3-5,7-8,10,12,22H,2,6,9,11,13H2,1H3. The highest BCUT2D eigenvalue weighted by Gasteiger charge is 2.11. The molecule has 5 heteroatoms. The van der Waals surface area contributed by atoms with Crippen molar-refractivity contribution in [3.63, 3.8) is 0 Å². The fourth-order valence-electron chi connectivity index (χ4n) is 2.42. The quantitative estimate of drug-likeness (QED) is 0.797. The van der Waals surface area contributed by atoms with Gasteiger partial charge >= 0.3 is 5.97 Å². The molecule has 1 aromatic carbocycles. The van der Waals surface area contributed by atoms with Crippen molar-refractivity contribution in [2.24, 2.45) is 0 Å². The zero-order valence-corrected chi connectivity index (χ0v) is 13.2. The van der Waals surface area contributed by atoms with E-state index < -0.39 is 5.43 Å². The maximum atomic E-state index is 11.7. The van der Waals surface area contributed by atoms with Gasteiger partial charge in [0.25, 0.3) is 0 Å². The molecule has 1 N–H and O–H groups in total. The van der Waals surface area contributed by atoms with E-state index in [1.54, 1.807) is 13.1 Å². The number of benzene rings is 1. The van der Waals surface area contributed by atoms with Gasteiger partial charge in [0.1, 0.15) is 0 Å². The minimum absolute atomic E-state index is 0.229. The van der Waals surface area contributed by atoms with Crippen molar-refractivity contribution in [3.8, 4) is 5.75 Å². The van der Waals surface area contributed by atoms with E-state index in [-0.39, 0.29) is 11.7 Å². The summed E-state index contributed by atoms with van der Waals surface area (Å²) in [5.74, 6) is -0.463. The number of hydrogen-bond donors (Lipinski definition) is 1. The molecular weight excluding hydrogens is 294 g/mol. The van der Waals surface area contributed by atoms with Gasteiger partial charge in [-0.05, 0) is 18.9 Å². The van der Waals surface area contributed by atoms with Gasteiger partial charge in [0.2, 0.25) is 5.43 Å². The molecule has 1 heterocycles. The molecule has 0 saturated heterocycles. The summed E-state index contributed by atoms with van der Waals surface area (Å²) in [6, 6.07) is 11.0. The van der Waals surface area contributed by atoms with Crippen LogP contribution in [0.25, 0.3) is 0 Å². The van der Waals surface area contributed by atoms with Crippen molar-refractivity contribution in [1.29, 1.82) is 0 Å². The maximum Gasteiger partial charge on any atom is 0.305 e. The summed E-state index contributed by atoms with van der Waals surface area (Å²) in [6.07, 6.45) is 3.02. The molecule has 0 atom stereocenters. The summed E-state index contributed by atoms with van der Waals surface area (Å²) in [4.78, 5) is 23.1. The van der Waals surface area contributed by atoms with Gasteiger partial charge in [-0.1, -0.05) is 30.3 Å². The molecule has 0 unspecified atom stereocenters. The summed E-state index contributed by atoms with van der Waals surface area (Å²) >= 11 is 0. The van der Waals surface area contributed by atoms with Crippen LogP contribution in [0.15, 0.2) is 47.4 Å². The van der Waals surface area contributed by atoms with Gasteiger partial charge in [-0.25, -0.2) is 0 Å². The molecule has 5 nitrogen and oxygen atoms in total. The molecule has 0 amide bonds. The van der Waals surface area contributed by atoms with Crippen molar-refractivity contribution in [2.75, 3.05) is 6.61 Å². The highest BCUT2D eigenvalue weighted by atomic mass is 16.5. The van der Waals surface area contributed by atoms with Crippen molar-refractivity contribution >= 4 is 5.97 Å². The molecule has 0 aliphatic carbocycles. The molecule has 0 aliphatic rings. The van der Waals surface area contributed by atoms with E-state index in [1.807, 2.05) is 34.9 Å². The van der Waals surface area contributed by atoms with E-state index in [9.17, 15) is 14.7 Å². The predicted octanol–water partition coefficient (Wildman–Crippen LogP) is 2.49. The Morgan fingerprint density at radius 3 is 2.65 bits per heavy atom. The number of aromatic nitrogens is 1. The van der Waals surface area contributed by atoms with Crippen molar-refractivity contribution < 1.29 is 14.6 Å². The highest BCUT2D eigenvalue weighted by molar-refractivity contribution is 5.69. The van der Waals surface area contributed by atoms with Gasteiger partial charge in [-0.15, -0.1) is 0 Å². The molecule has 1 aromatic heterocycles.